The summed E-state index contributed by atoms with van der Waals surface area (Å²) in [5, 5.41) is 4.65. The zero-order valence-electron chi connectivity index (χ0n) is 11.2. The molecule has 0 saturated carbocycles. The molecule has 3 aromatic rings. The van der Waals surface area contributed by atoms with E-state index in [-0.39, 0.29) is 0 Å². The van der Waals surface area contributed by atoms with Crippen LogP contribution in [0.25, 0.3) is 10.2 Å². The summed E-state index contributed by atoms with van der Waals surface area (Å²) in [6.45, 7) is 3.03. The van der Waals surface area contributed by atoms with Gasteiger partial charge in [0.15, 0.2) is 0 Å². The molecule has 1 N–H and O–H groups in total. The number of hydrogen-bond donors (Lipinski definition) is 1. The van der Waals surface area contributed by atoms with Crippen LogP contribution in [-0.4, -0.2) is 11.5 Å². The summed E-state index contributed by atoms with van der Waals surface area (Å²) in [6, 6.07) is 14.6. The van der Waals surface area contributed by atoms with Gasteiger partial charge in [-0.05, 0) is 36.8 Å². The van der Waals surface area contributed by atoms with Crippen molar-refractivity contribution >= 4 is 43.2 Å². The molecule has 102 valence electrons. The van der Waals surface area contributed by atoms with Crippen LogP contribution in [0, 0.1) is 6.92 Å². The van der Waals surface area contributed by atoms with Crippen LogP contribution in [0.1, 0.15) is 10.6 Å². The molecule has 0 saturated heterocycles. The number of thiazole rings is 1. The first-order valence-corrected chi connectivity index (χ1v) is 8.18. The predicted octanol–water partition coefficient (Wildman–Crippen LogP) is 5.02. The molecule has 1 aromatic heterocycles. The Kier molecular flexibility index (Phi) is 4.03. The summed E-state index contributed by atoms with van der Waals surface area (Å²) >= 11 is 5.26. The Balaban J connectivity index is 1.67. The number of fused-ring (bicyclic) bond motifs is 1. The molecule has 0 radical (unpaired) electrons. The van der Waals surface area contributed by atoms with Crippen LogP contribution in [-0.2, 0) is 6.42 Å². The van der Waals surface area contributed by atoms with Crippen LogP contribution in [0.5, 0.6) is 0 Å². The first-order chi connectivity index (χ1) is 9.72. The van der Waals surface area contributed by atoms with Gasteiger partial charge >= 0.3 is 0 Å². The van der Waals surface area contributed by atoms with Gasteiger partial charge in [0.2, 0.25) is 0 Å². The van der Waals surface area contributed by atoms with Crippen molar-refractivity contribution in [1.82, 2.24) is 4.98 Å². The predicted molar refractivity (Wildman–Crippen MR) is 90.7 cm³/mol. The maximum Gasteiger partial charge on any atom is 0.0956 e. The van der Waals surface area contributed by atoms with Crippen LogP contribution in [0.2, 0.25) is 0 Å². The number of nitrogens with zero attached hydrogens (tertiary/aromatic N) is 1. The topological polar surface area (TPSA) is 24.9 Å². The van der Waals surface area contributed by atoms with E-state index in [1.807, 2.05) is 0 Å². The van der Waals surface area contributed by atoms with E-state index in [0.717, 1.165) is 23.0 Å². The van der Waals surface area contributed by atoms with E-state index in [9.17, 15) is 0 Å². The van der Waals surface area contributed by atoms with Gasteiger partial charge in [-0.15, -0.1) is 11.3 Å². The second-order valence-electron chi connectivity index (χ2n) is 4.71. The third-order valence-corrected chi connectivity index (χ3v) is 4.78. The molecular formula is C16H15BrN2S. The van der Waals surface area contributed by atoms with Crippen molar-refractivity contribution in [1.29, 1.82) is 0 Å². The van der Waals surface area contributed by atoms with Crippen molar-refractivity contribution in [2.75, 3.05) is 11.9 Å². The molecule has 0 aliphatic heterocycles. The number of nitrogens with one attached hydrogen (secondary N) is 1. The summed E-state index contributed by atoms with van der Waals surface area (Å²) in [4.78, 5) is 4.68. The number of rotatable bonds is 4. The fourth-order valence-electron chi connectivity index (χ4n) is 2.13. The third kappa shape index (κ3) is 3.02. The SMILES string of the molecule is Cc1ccccc1NCCc1nc2cc(Br)ccc2s1. The molecule has 0 unspecified atom stereocenters. The fraction of sp³-hybridized carbons (Fsp3) is 0.188. The summed E-state index contributed by atoms with van der Waals surface area (Å²) in [6.07, 6.45) is 0.950. The lowest BCUT2D eigenvalue weighted by molar-refractivity contribution is 1.00. The smallest absolute Gasteiger partial charge is 0.0956 e. The largest absolute Gasteiger partial charge is 0.384 e. The van der Waals surface area contributed by atoms with E-state index >= 15 is 0 Å². The molecule has 0 spiro atoms. The highest BCUT2D eigenvalue weighted by atomic mass is 79.9. The Bertz CT molecular complexity index is 736. The molecule has 0 bridgehead atoms. The highest BCUT2D eigenvalue weighted by molar-refractivity contribution is 9.10. The highest BCUT2D eigenvalue weighted by Crippen LogP contribution is 2.25. The number of hydrogen-bond acceptors (Lipinski definition) is 3. The summed E-state index contributed by atoms with van der Waals surface area (Å²) < 4.78 is 2.33. The standard InChI is InChI=1S/C16H15BrN2S/c1-11-4-2-3-5-13(11)18-9-8-16-19-14-10-12(17)6-7-15(14)20-16/h2-7,10,18H,8-9H2,1H3. The summed E-state index contributed by atoms with van der Waals surface area (Å²) in [5.41, 5.74) is 3.56. The van der Waals surface area contributed by atoms with Crippen molar-refractivity contribution in [3.8, 4) is 0 Å². The van der Waals surface area contributed by atoms with Gasteiger partial charge < -0.3 is 5.32 Å². The molecule has 4 heteroatoms. The second kappa shape index (κ2) is 5.94. The van der Waals surface area contributed by atoms with Crippen molar-refractivity contribution in [2.45, 2.75) is 13.3 Å². The van der Waals surface area contributed by atoms with E-state index in [4.69, 9.17) is 0 Å². The van der Waals surface area contributed by atoms with E-state index in [1.165, 1.54) is 21.0 Å². The molecule has 2 aromatic carbocycles. The second-order valence-corrected chi connectivity index (χ2v) is 6.74. The summed E-state index contributed by atoms with van der Waals surface area (Å²) in [7, 11) is 0. The quantitative estimate of drug-likeness (QED) is 0.717. The average Bonchev–Trinajstić information content (AvgIpc) is 2.83. The zero-order valence-corrected chi connectivity index (χ0v) is 13.6. The van der Waals surface area contributed by atoms with Crippen molar-refractivity contribution in [3.05, 3.63) is 57.5 Å². The molecule has 0 fully saturated rings. The first-order valence-electron chi connectivity index (χ1n) is 6.57. The minimum Gasteiger partial charge on any atom is -0.384 e. The van der Waals surface area contributed by atoms with Gasteiger partial charge in [-0.1, -0.05) is 34.1 Å². The van der Waals surface area contributed by atoms with Crippen molar-refractivity contribution < 1.29 is 0 Å². The van der Waals surface area contributed by atoms with Crippen LogP contribution in [0.4, 0.5) is 5.69 Å². The first kappa shape index (κ1) is 13.6. The van der Waals surface area contributed by atoms with E-state index in [2.05, 4.69) is 75.6 Å². The van der Waals surface area contributed by atoms with Crippen LogP contribution < -0.4 is 5.32 Å². The van der Waals surface area contributed by atoms with Crippen molar-refractivity contribution in [3.63, 3.8) is 0 Å². The molecule has 0 aliphatic rings. The maximum atomic E-state index is 4.68. The molecule has 2 nitrogen and oxygen atoms in total. The molecule has 0 aliphatic carbocycles. The van der Waals surface area contributed by atoms with Crippen LogP contribution in [0.3, 0.4) is 0 Å². The third-order valence-electron chi connectivity index (χ3n) is 3.19. The average molecular weight is 347 g/mol. The molecular weight excluding hydrogens is 332 g/mol. The van der Waals surface area contributed by atoms with Gasteiger partial charge in [0.05, 0.1) is 15.2 Å². The number of anilines is 1. The van der Waals surface area contributed by atoms with Crippen LogP contribution >= 0.6 is 27.3 Å². The van der Waals surface area contributed by atoms with E-state index in [1.54, 1.807) is 11.3 Å². The Morgan fingerprint density at radius 3 is 2.90 bits per heavy atom. The lowest BCUT2D eigenvalue weighted by atomic mass is 10.2. The molecule has 0 amide bonds. The van der Waals surface area contributed by atoms with Crippen molar-refractivity contribution in [2.24, 2.45) is 0 Å². The lowest BCUT2D eigenvalue weighted by Gasteiger charge is -2.07. The number of aryl methyl sites for hydroxylation is 1. The number of para-hydroxylation sites is 1. The molecule has 0 atom stereocenters. The monoisotopic (exact) mass is 346 g/mol. The van der Waals surface area contributed by atoms with Gasteiger partial charge in [-0.3, -0.25) is 0 Å². The highest BCUT2D eigenvalue weighted by Gasteiger charge is 2.04. The molecule has 3 rings (SSSR count). The number of benzene rings is 2. The van der Waals surface area contributed by atoms with Gasteiger partial charge in [0.1, 0.15) is 0 Å². The Labute approximate surface area is 131 Å². The number of halogens is 1. The fourth-order valence-corrected chi connectivity index (χ4v) is 3.43. The number of aromatic nitrogens is 1. The van der Waals surface area contributed by atoms with Gasteiger partial charge in [0.25, 0.3) is 0 Å². The lowest BCUT2D eigenvalue weighted by Crippen LogP contribution is -2.05. The maximum absolute atomic E-state index is 4.68. The Hall–Kier alpha value is -1.39. The Morgan fingerprint density at radius 2 is 2.05 bits per heavy atom. The van der Waals surface area contributed by atoms with Gasteiger partial charge in [0, 0.05) is 23.1 Å². The summed E-state index contributed by atoms with van der Waals surface area (Å²) in [5.74, 6) is 0. The van der Waals surface area contributed by atoms with E-state index < -0.39 is 0 Å². The van der Waals surface area contributed by atoms with Gasteiger partial charge in [-0.25, -0.2) is 4.98 Å². The van der Waals surface area contributed by atoms with Crippen LogP contribution in [0.15, 0.2) is 46.9 Å². The minimum atomic E-state index is 0.909. The van der Waals surface area contributed by atoms with E-state index in [0.29, 0.717) is 0 Å². The Morgan fingerprint density at radius 1 is 1.20 bits per heavy atom. The normalized spacial score (nSPS) is 10.9. The molecule has 1 heterocycles. The minimum absolute atomic E-state index is 0.909. The van der Waals surface area contributed by atoms with Gasteiger partial charge in [-0.2, -0.15) is 0 Å². The molecule has 20 heavy (non-hydrogen) atoms. The zero-order chi connectivity index (χ0) is 13.9.